The lowest BCUT2D eigenvalue weighted by Crippen LogP contribution is -2.58. The first-order valence-corrected chi connectivity index (χ1v) is 11.2. The van der Waals surface area contributed by atoms with Crippen LogP contribution in [0.1, 0.15) is 27.7 Å². The summed E-state index contributed by atoms with van der Waals surface area (Å²) in [6.07, 6.45) is -0.327. The maximum atomic E-state index is 13.0. The summed E-state index contributed by atoms with van der Waals surface area (Å²) in [5.41, 5.74) is 0. The van der Waals surface area contributed by atoms with Crippen LogP contribution in [0.5, 0.6) is 0 Å². The summed E-state index contributed by atoms with van der Waals surface area (Å²) in [6.45, 7) is 8.88. The number of rotatable bonds is 5. The fourth-order valence-corrected chi connectivity index (χ4v) is 5.63. The maximum absolute atomic E-state index is 13.0. The Labute approximate surface area is 171 Å². The second-order valence-electron chi connectivity index (χ2n) is 8.03. The van der Waals surface area contributed by atoms with Gasteiger partial charge in [-0.1, -0.05) is 0 Å². The van der Waals surface area contributed by atoms with Crippen molar-refractivity contribution in [2.45, 2.75) is 45.9 Å². The number of amides is 4. The standard InChI is InChI=1S/C17H29N5O6S/c1-12(2)22-16(24)15(23)21(17(22)25)11-18-5-7-19(8-6-18)29(26,27)20-9-13(3)28-14(4)10-20/h12-14H,5-11H2,1-4H3. The summed E-state index contributed by atoms with van der Waals surface area (Å²) in [6, 6.07) is -1.02. The van der Waals surface area contributed by atoms with Crippen LogP contribution in [-0.4, -0.2) is 114 Å². The van der Waals surface area contributed by atoms with E-state index in [-0.39, 0.29) is 32.0 Å². The van der Waals surface area contributed by atoms with E-state index in [0.717, 1.165) is 9.80 Å². The number of morpholine rings is 1. The Morgan fingerprint density at radius 2 is 1.48 bits per heavy atom. The van der Waals surface area contributed by atoms with Crippen LogP contribution in [0, 0.1) is 0 Å². The first-order valence-electron chi connectivity index (χ1n) is 9.84. The number of nitrogens with zero attached hydrogens (tertiary/aromatic N) is 5. The number of carbonyl (C=O) groups excluding carboxylic acids is 3. The Morgan fingerprint density at radius 1 is 0.931 bits per heavy atom. The molecule has 0 aromatic heterocycles. The van der Waals surface area contributed by atoms with Crippen molar-refractivity contribution in [3.8, 4) is 0 Å². The Morgan fingerprint density at radius 3 is 1.97 bits per heavy atom. The quantitative estimate of drug-likeness (QED) is 0.410. The van der Waals surface area contributed by atoms with E-state index in [1.54, 1.807) is 13.8 Å². The van der Waals surface area contributed by atoms with Crippen LogP contribution in [0.3, 0.4) is 0 Å². The molecule has 11 nitrogen and oxygen atoms in total. The van der Waals surface area contributed by atoms with E-state index in [1.165, 1.54) is 8.61 Å². The normalized spacial score (nSPS) is 28.8. The van der Waals surface area contributed by atoms with Crippen molar-refractivity contribution in [2.24, 2.45) is 0 Å². The molecule has 29 heavy (non-hydrogen) atoms. The minimum Gasteiger partial charge on any atom is -0.373 e. The second-order valence-corrected chi connectivity index (χ2v) is 9.95. The van der Waals surface area contributed by atoms with Crippen LogP contribution in [-0.2, 0) is 24.5 Å². The molecule has 0 radical (unpaired) electrons. The Balaban J connectivity index is 1.59. The topological polar surface area (TPSA) is 111 Å². The molecule has 3 saturated heterocycles. The van der Waals surface area contributed by atoms with Crippen molar-refractivity contribution >= 4 is 28.1 Å². The lowest BCUT2D eigenvalue weighted by atomic mass is 10.3. The van der Waals surface area contributed by atoms with Crippen LogP contribution in [0.25, 0.3) is 0 Å². The lowest BCUT2D eigenvalue weighted by Gasteiger charge is -2.40. The van der Waals surface area contributed by atoms with E-state index in [4.69, 9.17) is 4.74 Å². The van der Waals surface area contributed by atoms with Crippen LogP contribution in [0.15, 0.2) is 0 Å². The van der Waals surface area contributed by atoms with Crippen molar-refractivity contribution in [3.63, 3.8) is 0 Å². The van der Waals surface area contributed by atoms with Gasteiger partial charge in [0, 0.05) is 45.3 Å². The van der Waals surface area contributed by atoms with Gasteiger partial charge in [0.15, 0.2) is 0 Å². The summed E-state index contributed by atoms with van der Waals surface area (Å²) in [5, 5.41) is 0. The average Bonchev–Trinajstić information content (AvgIpc) is 2.85. The Kier molecular flexibility index (Phi) is 6.30. The monoisotopic (exact) mass is 431 g/mol. The molecule has 2 unspecified atom stereocenters. The fraction of sp³-hybridized carbons (Fsp3) is 0.824. The highest BCUT2D eigenvalue weighted by Gasteiger charge is 2.46. The molecule has 0 saturated carbocycles. The average molecular weight is 432 g/mol. The van der Waals surface area contributed by atoms with Crippen molar-refractivity contribution in [2.75, 3.05) is 45.9 Å². The molecule has 3 aliphatic heterocycles. The molecule has 4 amide bonds. The zero-order valence-corrected chi connectivity index (χ0v) is 18.1. The molecular weight excluding hydrogens is 402 g/mol. The van der Waals surface area contributed by atoms with Crippen LogP contribution >= 0.6 is 0 Å². The van der Waals surface area contributed by atoms with Crippen LogP contribution in [0.4, 0.5) is 4.79 Å². The van der Waals surface area contributed by atoms with Gasteiger partial charge in [0.05, 0.1) is 18.9 Å². The molecule has 0 N–H and O–H groups in total. The molecule has 3 rings (SSSR count). The van der Waals surface area contributed by atoms with Crippen LogP contribution in [0.2, 0.25) is 0 Å². The molecule has 3 aliphatic rings. The minimum atomic E-state index is -3.60. The molecule has 3 heterocycles. The zero-order valence-electron chi connectivity index (χ0n) is 17.3. The maximum Gasteiger partial charge on any atom is 0.335 e. The predicted octanol–water partition coefficient (Wildman–Crippen LogP) is -0.885. The largest absolute Gasteiger partial charge is 0.373 e. The van der Waals surface area contributed by atoms with Gasteiger partial charge in [0.2, 0.25) is 0 Å². The van der Waals surface area contributed by atoms with Gasteiger partial charge in [-0.25, -0.2) is 9.69 Å². The van der Waals surface area contributed by atoms with Gasteiger partial charge in [0.1, 0.15) is 0 Å². The van der Waals surface area contributed by atoms with Gasteiger partial charge in [-0.15, -0.1) is 0 Å². The molecule has 164 valence electrons. The molecule has 0 aromatic carbocycles. The number of ether oxygens (including phenoxy) is 1. The first-order chi connectivity index (χ1) is 13.5. The van der Waals surface area contributed by atoms with E-state index in [2.05, 4.69) is 0 Å². The molecule has 0 spiro atoms. The van der Waals surface area contributed by atoms with Crippen LogP contribution < -0.4 is 0 Å². The highest BCUT2D eigenvalue weighted by molar-refractivity contribution is 7.86. The molecule has 0 aromatic rings. The van der Waals surface area contributed by atoms with Gasteiger partial charge >= 0.3 is 17.8 Å². The summed E-state index contributed by atoms with van der Waals surface area (Å²) in [7, 11) is -3.60. The van der Waals surface area contributed by atoms with Gasteiger partial charge in [-0.3, -0.25) is 19.4 Å². The smallest absolute Gasteiger partial charge is 0.335 e. The van der Waals surface area contributed by atoms with Gasteiger partial charge < -0.3 is 4.74 Å². The van der Waals surface area contributed by atoms with E-state index in [1.807, 2.05) is 18.7 Å². The second kappa shape index (κ2) is 8.26. The van der Waals surface area contributed by atoms with E-state index in [9.17, 15) is 22.8 Å². The third kappa shape index (κ3) is 4.31. The molecule has 2 atom stereocenters. The molecular formula is C17H29N5O6S. The number of piperazine rings is 1. The number of hydrogen-bond donors (Lipinski definition) is 0. The highest BCUT2D eigenvalue weighted by atomic mass is 32.2. The SMILES string of the molecule is CC1CN(S(=O)(=O)N2CCN(CN3C(=O)C(=O)N(C(C)C)C3=O)CC2)CC(C)O1. The summed E-state index contributed by atoms with van der Waals surface area (Å²) in [5.74, 6) is -1.66. The van der Waals surface area contributed by atoms with Gasteiger partial charge in [-0.05, 0) is 27.7 Å². The molecule has 3 fully saturated rings. The summed E-state index contributed by atoms with van der Waals surface area (Å²) < 4.78 is 34.4. The Bertz CT molecular complexity index is 769. The fourth-order valence-electron chi connectivity index (χ4n) is 3.89. The number of urea groups is 1. The third-order valence-electron chi connectivity index (χ3n) is 5.31. The van der Waals surface area contributed by atoms with Gasteiger partial charge in [0.25, 0.3) is 10.2 Å². The number of imide groups is 2. The molecule has 0 aliphatic carbocycles. The molecule has 0 bridgehead atoms. The van der Waals surface area contributed by atoms with E-state index >= 15 is 0 Å². The van der Waals surface area contributed by atoms with Crippen molar-refractivity contribution < 1.29 is 27.5 Å². The lowest BCUT2D eigenvalue weighted by molar-refractivity contribution is -0.144. The van der Waals surface area contributed by atoms with E-state index < -0.39 is 34.1 Å². The number of carbonyl (C=O) groups is 3. The van der Waals surface area contributed by atoms with Gasteiger partial charge in [-0.2, -0.15) is 17.0 Å². The van der Waals surface area contributed by atoms with Crippen molar-refractivity contribution in [1.82, 2.24) is 23.3 Å². The van der Waals surface area contributed by atoms with Crippen molar-refractivity contribution in [1.29, 1.82) is 0 Å². The zero-order chi connectivity index (χ0) is 21.5. The van der Waals surface area contributed by atoms with Crippen molar-refractivity contribution in [3.05, 3.63) is 0 Å². The first kappa shape index (κ1) is 22.1. The predicted molar refractivity (Wildman–Crippen MR) is 103 cm³/mol. The minimum absolute atomic E-state index is 0.0217. The third-order valence-corrected chi connectivity index (χ3v) is 7.28. The summed E-state index contributed by atoms with van der Waals surface area (Å²) in [4.78, 5) is 40.2. The Hall–Kier alpha value is -1.60. The number of hydrogen-bond acceptors (Lipinski definition) is 7. The highest BCUT2D eigenvalue weighted by Crippen LogP contribution is 2.20. The summed E-state index contributed by atoms with van der Waals surface area (Å²) >= 11 is 0. The van der Waals surface area contributed by atoms with E-state index in [0.29, 0.717) is 26.2 Å². The molecule has 12 heteroatoms.